The number of halogens is 1. The highest BCUT2D eigenvalue weighted by molar-refractivity contribution is 6.30. The Morgan fingerprint density at radius 2 is 1.66 bits per heavy atom. The van der Waals surface area contributed by atoms with Crippen LogP contribution in [0, 0.1) is 0 Å². The molecule has 1 aliphatic rings. The van der Waals surface area contributed by atoms with Crippen LogP contribution in [-0.4, -0.2) is 71.5 Å². The largest absolute Gasteiger partial charge is 0.484 e. The smallest absolute Gasteiger partial charge is 0.260 e. The molecule has 3 N–H and O–H groups in total. The Morgan fingerprint density at radius 1 is 0.947 bits per heavy atom. The van der Waals surface area contributed by atoms with Crippen molar-refractivity contribution in [3.05, 3.63) is 71.2 Å². The summed E-state index contributed by atoms with van der Waals surface area (Å²) in [7, 11) is 1.60. The predicted molar refractivity (Wildman–Crippen MR) is 146 cm³/mol. The first kappa shape index (κ1) is 25.2. The minimum absolute atomic E-state index is 0.0470. The van der Waals surface area contributed by atoms with Crippen molar-refractivity contribution in [1.29, 1.82) is 0 Å². The standard InChI is InChI=1S/C27H26ClN7O3/c1-30-26(37)18-4-2-17(3-5-18)21-10-11-22-24(31-21)25(33-27(29)32-22)35-14-12-34(13-15-35)23(36)16-38-20-8-6-19(28)7-9-20/h2-11H,12-16H2,1H3,(H,30,37)(H2,29,32,33). The number of nitrogens with two attached hydrogens (primary N) is 1. The maximum absolute atomic E-state index is 12.7. The summed E-state index contributed by atoms with van der Waals surface area (Å²) in [5, 5.41) is 3.23. The number of carbonyl (C=O) groups is 2. The number of fused-ring (bicyclic) bond motifs is 1. The molecule has 194 valence electrons. The van der Waals surface area contributed by atoms with Gasteiger partial charge in [0.05, 0.1) is 11.2 Å². The molecule has 3 heterocycles. The number of rotatable bonds is 6. The van der Waals surface area contributed by atoms with Crippen LogP contribution >= 0.6 is 11.6 Å². The number of carbonyl (C=O) groups excluding carboxylic acids is 2. The molecule has 0 aliphatic carbocycles. The molecule has 38 heavy (non-hydrogen) atoms. The third-order valence-electron chi connectivity index (χ3n) is 6.32. The van der Waals surface area contributed by atoms with E-state index in [2.05, 4.69) is 20.2 Å². The number of nitrogens with one attached hydrogen (secondary N) is 1. The zero-order valence-electron chi connectivity index (χ0n) is 20.7. The summed E-state index contributed by atoms with van der Waals surface area (Å²) in [6, 6.07) is 17.9. The molecular weight excluding hydrogens is 506 g/mol. The van der Waals surface area contributed by atoms with Gasteiger partial charge in [-0.15, -0.1) is 0 Å². The van der Waals surface area contributed by atoms with Crippen LogP contribution in [0.1, 0.15) is 10.4 Å². The third kappa shape index (κ3) is 5.45. The van der Waals surface area contributed by atoms with E-state index in [1.54, 1.807) is 48.3 Å². The molecule has 0 spiro atoms. The Morgan fingerprint density at radius 3 is 2.34 bits per heavy atom. The van der Waals surface area contributed by atoms with Gasteiger partial charge in [0.1, 0.15) is 11.3 Å². The van der Waals surface area contributed by atoms with Crippen LogP contribution < -0.4 is 20.7 Å². The molecule has 0 radical (unpaired) electrons. The zero-order chi connectivity index (χ0) is 26.6. The molecule has 0 unspecified atom stereocenters. The lowest BCUT2D eigenvalue weighted by Gasteiger charge is -2.35. The van der Waals surface area contributed by atoms with E-state index < -0.39 is 0 Å². The fraction of sp³-hybridized carbons (Fsp3) is 0.222. The number of ether oxygens (including phenoxy) is 1. The van der Waals surface area contributed by atoms with Gasteiger partial charge in [0.2, 0.25) is 5.95 Å². The second kappa shape index (κ2) is 10.9. The topological polar surface area (TPSA) is 127 Å². The number of hydrogen-bond donors (Lipinski definition) is 2. The Balaban J connectivity index is 1.30. The number of amides is 2. The van der Waals surface area contributed by atoms with Crippen molar-refractivity contribution in [2.24, 2.45) is 0 Å². The molecule has 2 aromatic carbocycles. The lowest BCUT2D eigenvalue weighted by molar-refractivity contribution is -0.133. The lowest BCUT2D eigenvalue weighted by atomic mass is 10.1. The molecule has 1 saturated heterocycles. The van der Waals surface area contributed by atoms with E-state index in [1.165, 1.54) is 0 Å². The first-order chi connectivity index (χ1) is 18.4. The van der Waals surface area contributed by atoms with Crippen molar-refractivity contribution in [2.75, 3.05) is 50.5 Å². The highest BCUT2D eigenvalue weighted by Crippen LogP contribution is 2.28. The molecule has 5 rings (SSSR count). The number of benzene rings is 2. The van der Waals surface area contributed by atoms with Crippen LogP contribution in [-0.2, 0) is 4.79 Å². The maximum Gasteiger partial charge on any atom is 0.260 e. The van der Waals surface area contributed by atoms with E-state index in [9.17, 15) is 9.59 Å². The van der Waals surface area contributed by atoms with E-state index in [0.717, 1.165) is 11.3 Å². The third-order valence-corrected chi connectivity index (χ3v) is 6.57. The number of pyridine rings is 1. The lowest BCUT2D eigenvalue weighted by Crippen LogP contribution is -2.50. The van der Waals surface area contributed by atoms with Crippen molar-refractivity contribution < 1.29 is 14.3 Å². The average Bonchev–Trinajstić information content (AvgIpc) is 2.96. The summed E-state index contributed by atoms with van der Waals surface area (Å²) >= 11 is 5.90. The van der Waals surface area contributed by atoms with Gasteiger partial charge in [-0.1, -0.05) is 23.7 Å². The molecule has 0 atom stereocenters. The van der Waals surface area contributed by atoms with Crippen LogP contribution in [0.25, 0.3) is 22.3 Å². The fourth-order valence-electron chi connectivity index (χ4n) is 4.27. The molecule has 2 aromatic heterocycles. The molecule has 10 nitrogen and oxygen atoms in total. The summed E-state index contributed by atoms with van der Waals surface area (Å²) in [4.78, 5) is 42.1. The Bertz CT molecular complexity index is 1470. The molecule has 0 saturated carbocycles. The minimum Gasteiger partial charge on any atom is -0.484 e. The molecule has 0 bridgehead atoms. The summed E-state index contributed by atoms with van der Waals surface area (Å²) in [6.45, 7) is 2.09. The number of hydrogen-bond acceptors (Lipinski definition) is 8. The van der Waals surface area contributed by atoms with Crippen molar-refractivity contribution in [2.45, 2.75) is 0 Å². The van der Waals surface area contributed by atoms with E-state index in [1.807, 2.05) is 24.3 Å². The Kier molecular flexibility index (Phi) is 7.23. The second-order valence-electron chi connectivity index (χ2n) is 8.74. The van der Waals surface area contributed by atoms with E-state index in [4.69, 9.17) is 27.1 Å². The number of anilines is 2. The Labute approximate surface area is 224 Å². The van der Waals surface area contributed by atoms with Crippen molar-refractivity contribution in [1.82, 2.24) is 25.2 Å². The van der Waals surface area contributed by atoms with E-state index in [0.29, 0.717) is 59.4 Å². The number of piperazine rings is 1. The zero-order valence-corrected chi connectivity index (χ0v) is 21.5. The highest BCUT2D eigenvalue weighted by atomic mass is 35.5. The van der Waals surface area contributed by atoms with Gasteiger partial charge >= 0.3 is 0 Å². The van der Waals surface area contributed by atoms with Crippen LogP contribution in [0.4, 0.5) is 11.8 Å². The molecular formula is C27H26ClN7O3. The van der Waals surface area contributed by atoms with Gasteiger partial charge in [0, 0.05) is 49.4 Å². The number of nitrogens with zero attached hydrogens (tertiary/aromatic N) is 5. The van der Waals surface area contributed by atoms with Crippen molar-refractivity contribution in [3.63, 3.8) is 0 Å². The van der Waals surface area contributed by atoms with Gasteiger partial charge in [-0.25, -0.2) is 9.97 Å². The van der Waals surface area contributed by atoms with Crippen molar-refractivity contribution in [3.8, 4) is 17.0 Å². The van der Waals surface area contributed by atoms with E-state index >= 15 is 0 Å². The quantitative estimate of drug-likeness (QED) is 0.389. The maximum atomic E-state index is 12.7. The molecule has 11 heteroatoms. The van der Waals surface area contributed by atoms with Gasteiger partial charge in [-0.3, -0.25) is 9.59 Å². The summed E-state index contributed by atoms with van der Waals surface area (Å²) in [5.41, 5.74) is 9.42. The van der Waals surface area contributed by atoms with Crippen molar-refractivity contribution >= 4 is 46.2 Å². The van der Waals surface area contributed by atoms with Gasteiger partial charge in [0.25, 0.3) is 11.8 Å². The van der Waals surface area contributed by atoms with E-state index in [-0.39, 0.29) is 24.4 Å². The summed E-state index contributed by atoms with van der Waals surface area (Å²) < 4.78 is 5.61. The van der Waals surface area contributed by atoms with Crippen LogP contribution in [0.3, 0.4) is 0 Å². The number of nitrogen functional groups attached to an aromatic ring is 1. The molecule has 1 aliphatic heterocycles. The van der Waals surface area contributed by atoms with Gasteiger partial charge in [-0.05, 0) is 48.5 Å². The molecule has 2 amide bonds. The van der Waals surface area contributed by atoms with Crippen LogP contribution in [0.5, 0.6) is 5.75 Å². The normalized spacial score (nSPS) is 13.4. The van der Waals surface area contributed by atoms with Crippen LogP contribution in [0.2, 0.25) is 5.02 Å². The average molecular weight is 532 g/mol. The van der Waals surface area contributed by atoms with Gasteiger partial charge in [0.15, 0.2) is 12.4 Å². The molecule has 1 fully saturated rings. The minimum atomic E-state index is -0.150. The molecule has 4 aromatic rings. The monoisotopic (exact) mass is 531 g/mol. The fourth-order valence-corrected chi connectivity index (χ4v) is 4.40. The predicted octanol–water partition coefficient (Wildman–Crippen LogP) is 3.01. The summed E-state index contributed by atoms with van der Waals surface area (Å²) in [5.74, 6) is 1.14. The van der Waals surface area contributed by atoms with Crippen LogP contribution in [0.15, 0.2) is 60.7 Å². The van der Waals surface area contributed by atoms with Gasteiger partial charge < -0.3 is 25.6 Å². The second-order valence-corrected chi connectivity index (χ2v) is 9.17. The Hall–Kier alpha value is -4.44. The summed E-state index contributed by atoms with van der Waals surface area (Å²) in [6.07, 6.45) is 0. The first-order valence-electron chi connectivity index (χ1n) is 12.1. The first-order valence-corrected chi connectivity index (χ1v) is 12.5. The van der Waals surface area contributed by atoms with Gasteiger partial charge in [-0.2, -0.15) is 4.98 Å². The highest BCUT2D eigenvalue weighted by Gasteiger charge is 2.24. The SMILES string of the molecule is CNC(=O)c1ccc(-c2ccc3nc(N)nc(N4CCN(C(=O)COc5ccc(Cl)cc5)CC4)c3n2)cc1. The number of aromatic nitrogens is 3.